The second kappa shape index (κ2) is 7.00. The predicted molar refractivity (Wildman–Crippen MR) is 73.3 cm³/mol. The van der Waals surface area contributed by atoms with Crippen LogP contribution in [0.25, 0.3) is 0 Å². The standard InChI is InChI=1S/C12H23N3O3S/c1-4-10(7-8-13)5-6-11-14-12(15-18-11)9(2)19(3,16)17/h9-10H,4-8,13H2,1-3H3. The van der Waals surface area contributed by atoms with Gasteiger partial charge in [0.1, 0.15) is 5.25 Å². The molecular weight excluding hydrogens is 266 g/mol. The van der Waals surface area contributed by atoms with Crippen molar-refractivity contribution in [3.8, 4) is 0 Å². The van der Waals surface area contributed by atoms with Crippen molar-refractivity contribution >= 4 is 9.84 Å². The Morgan fingerprint density at radius 3 is 2.58 bits per heavy atom. The Hall–Kier alpha value is -0.950. The lowest BCUT2D eigenvalue weighted by Crippen LogP contribution is -2.10. The molecule has 2 N–H and O–H groups in total. The summed E-state index contributed by atoms with van der Waals surface area (Å²) >= 11 is 0. The van der Waals surface area contributed by atoms with Crippen LogP contribution in [0.5, 0.6) is 0 Å². The molecule has 0 aliphatic rings. The zero-order chi connectivity index (χ0) is 14.5. The van der Waals surface area contributed by atoms with Gasteiger partial charge in [0.2, 0.25) is 5.89 Å². The molecule has 0 fully saturated rings. The van der Waals surface area contributed by atoms with E-state index in [0.29, 0.717) is 24.8 Å². The summed E-state index contributed by atoms with van der Waals surface area (Å²) in [4.78, 5) is 4.15. The van der Waals surface area contributed by atoms with E-state index < -0.39 is 15.1 Å². The number of hydrogen-bond acceptors (Lipinski definition) is 6. The van der Waals surface area contributed by atoms with Gasteiger partial charge in [0.25, 0.3) is 0 Å². The normalized spacial score (nSPS) is 15.4. The second-order valence-electron chi connectivity index (χ2n) is 4.91. The summed E-state index contributed by atoms with van der Waals surface area (Å²) in [5.41, 5.74) is 5.55. The third-order valence-corrected chi connectivity index (χ3v) is 4.90. The van der Waals surface area contributed by atoms with Crippen molar-refractivity contribution in [1.29, 1.82) is 0 Å². The van der Waals surface area contributed by atoms with Crippen LogP contribution in [0.1, 0.15) is 50.1 Å². The Kier molecular flexibility index (Phi) is 5.93. The van der Waals surface area contributed by atoms with Crippen molar-refractivity contribution in [2.75, 3.05) is 12.8 Å². The lowest BCUT2D eigenvalue weighted by molar-refractivity contribution is 0.350. The van der Waals surface area contributed by atoms with Gasteiger partial charge >= 0.3 is 0 Å². The topological polar surface area (TPSA) is 99.1 Å². The number of aryl methyl sites for hydroxylation is 1. The third kappa shape index (κ3) is 4.91. The zero-order valence-electron chi connectivity index (χ0n) is 11.8. The average Bonchev–Trinajstić information content (AvgIpc) is 2.81. The Bertz CT molecular complexity index is 484. The third-order valence-electron chi connectivity index (χ3n) is 3.41. The molecule has 110 valence electrons. The minimum atomic E-state index is -3.19. The van der Waals surface area contributed by atoms with Crippen LogP contribution < -0.4 is 5.73 Å². The van der Waals surface area contributed by atoms with Gasteiger partial charge in [-0.1, -0.05) is 18.5 Å². The van der Waals surface area contributed by atoms with Crippen LogP contribution >= 0.6 is 0 Å². The van der Waals surface area contributed by atoms with Crippen molar-refractivity contribution < 1.29 is 12.9 Å². The monoisotopic (exact) mass is 289 g/mol. The maximum atomic E-state index is 11.4. The highest BCUT2D eigenvalue weighted by atomic mass is 32.2. The van der Waals surface area contributed by atoms with Gasteiger partial charge < -0.3 is 10.3 Å². The molecule has 0 amide bonds. The predicted octanol–water partition coefficient (Wildman–Crippen LogP) is 1.48. The summed E-state index contributed by atoms with van der Waals surface area (Å²) in [6.07, 6.45) is 4.82. The van der Waals surface area contributed by atoms with Crippen molar-refractivity contribution in [3.05, 3.63) is 11.7 Å². The summed E-state index contributed by atoms with van der Waals surface area (Å²) in [5, 5.41) is 3.02. The van der Waals surface area contributed by atoms with Crippen LogP contribution in [0.3, 0.4) is 0 Å². The van der Waals surface area contributed by atoms with E-state index in [9.17, 15) is 8.42 Å². The van der Waals surface area contributed by atoms with Crippen LogP contribution in [-0.4, -0.2) is 31.4 Å². The van der Waals surface area contributed by atoms with Crippen LogP contribution in [0.4, 0.5) is 0 Å². The number of hydrogen-bond donors (Lipinski definition) is 1. The van der Waals surface area contributed by atoms with E-state index in [0.717, 1.165) is 19.3 Å². The van der Waals surface area contributed by atoms with Gasteiger partial charge in [0.05, 0.1) is 0 Å². The number of sulfone groups is 1. The molecule has 1 aromatic heterocycles. The summed E-state index contributed by atoms with van der Waals surface area (Å²) in [6.45, 7) is 4.37. The lowest BCUT2D eigenvalue weighted by Gasteiger charge is -2.11. The molecule has 0 spiro atoms. The lowest BCUT2D eigenvalue weighted by atomic mass is 9.97. The molecule has 1 rings (SSSR count). The molecule has 1 aromatic rings. The molecule has 2 atom stereocenters. The SMILES string of the molecule is CCC(CCN)CCc1nc(C(C)S(C)(=O)=O)no1. The van der Waals surface area contributed by atoms with Crippen LogP contribution in [0, 0.1) is 5.92 Å². The van der Waals surface area contributed by atoms with E-state index in [1.54, 1.807) is 6.92 Å². The largest absolute Gasteiger partial charge is 0.339 e. The number of nitrogens with zero attached hydrogens (tertiary/aromatic N) is 2. The van der Waals surface area contributed by atoms with Crippen molar-refractivity contribution in [2.24, 2.45) is 11.7 Å². The van der Waals surface area contributed by atoms with E-state index in [1.807, 2.05) is 0 Å². The Morgan fingerprint density at radius 2 is 2.05 bits per heavy atom. The first-order valence-corrected chi connectivity index (χ1v) is 8.55. The van der Waals surface area contributed by atoms with E-state index in [4.69, 9.17) is 10.3 Å². The molecule has 7 heteroatoms. The van der Waals surface area contributed by atoms with E-state index in [1.165, 1.54) is 6.26 Å². The zero-order valence-corrected chi connectivity index (χ0v) is 12.6. The van der Waals surface area contributed by atoms with Gasteiger partial charge in [-0.15, -0.1) is 0 Å². The minimum Gasteiger partial charge on any atom is -0.339 e. The molecule has 6 nitrogen and oxygen atoms in total. The quantitative estimate of drug-likeness (QED) is 0.778. The molecule has 0 saturated carbocycles. The molecule has 0 aliphatic carbocycles. The fourth-order valence-corrected chi connectivity index (χ4v) is 2.32. The Morgan fingerprint density at radius 1 is 1.37 bits per heavy atom. The Labute approximate surface area is 114 Å². The maximum absolute atomic E-state index is 11.4. The smallest absolute Gasteiger partial charge is 0.226 e. The summed E-state index contributed by atoms with van der Waals surface area (Å²) in [6, 6.07) is 0. The summed E-state index contributed by atoms with van der Waals surface area (Å²) < 4.78 is 27.9. The highest BCUT2D eigenvalue weighted by Gasteiger charge is 2.23. The first-order chi connectivity index (χ1) is 8.88. The highest BCUT2D eigenvalue weighted by Crippen LogP contribution is 2.19. The van der Waals surface area contributed by atoms with Gasteiger partial charge in [0.15, 0.2) is 15.7 Å². The number of nitrogens with two attached hydrogens (primary N) is 1. The van der Waals surface area contributed by atoms with Gasteiger partial charge in [-0.25, -0.2) is 8.42 Å². The number of aromatic nitrogens is 2. The second-order valence-corrected chi connectivity index (χ2v) is 7.27. The van der Waals surface area contributed by atoms with Crippen molar-refractivity contribution in [2.45, 2.75) is 44.8 Å². The maximum Gasteiger partial charge on any atom is 0.226 e. The summed E-state index contributed by atoms with van der Waals surface area (Å²) in [5.74, 6) is 1.29. The van der Waals surface area contributed by atoms with E-state index in [2.05, 4.69) is 17.1 Å². The molecule has 0 aliphatic heterocycles. The first-order valence-electron chi connectivity index (χ1n) is 6.59. The van der Waals surface area contributed by atoms with Gasteiger partial charge in [0, 0.05) is 12.7 Å². The van der Waals surface area contributed by atoms with E-state index >= 15 is 0 Å². The summed E-state index contributed by atoms with van der Waals surface area (Å²) in [7, 11) is -3.19. The van der Waals surface area contributed by atoms with Crippen LogP contribution in [0.2, 0.25) is 0 Å². The average molecular weight is 289 g/mol. The molecule has 19 heavy (non-hydrogen) atoms. The molecule has 0 saturated heterocycles. The van der Waals surface area contributed by atoms with Crippen molar-refractivity contribution in [3.63, 3.8) is 0 Å². The van der Waals surface area contributed by atoms with Crippen LogP contribution in [0.15, 0.2) is 4.52 Å². The van der Waals surface area contributed by atoms with E-state index in [-0.39, 0.29) is 5.82 Å². The highest BCUT2D eigenvalue weighted by molar-refractivity contribution is 7.90. The van der Waals surface area contributed by atoms with Gasteiger partial charge in [-0.2, -0.15) is 4.98 Å². The van der Waals surface area contributed by atoms with Gasteiger partial charge in [-0.3, -0.25) is 0 Å². The molecule has 0 bridgehead atoms. The molecule has 2 unspecified atom stereocenters. The Balaban J connectivity index is 2.60. The van der Waals surface area contributed by atoms with Crippen molar-refractivity contribution in [1.82, 2.24) is 10.1 Å². The van der Waals surface area contributed by atoms with Gasteiger partial charge in [-0.05, 0) is 32.2 Å². The molecular formula is C12H23N3O3S. The fraction of sp³-hybridized carbons (Fsp3) is 0.833. The number of rotatable bonds is 8. The minimum absolute atomic E-state index is 0.240. The van der Waals surface area contributed by atoms with Crippen LogP contribution in [-0.2, 0) is 16.3 Å². The molecule has 1 heterocycles. The molecule has 0 radical (unpaired) electrons. The first kappa shape index (κ1) is 16.1. The fourth-order valence-electron chi connectivity index (χ4n) is 1.84. The molecule has 0 aromatic carbocycles.